The van der Waals surface area contributed by atoms with Crippen LogP contribution in [-0.4, -0.2) is 38.2 Å². The van der Waals surface area contributed by atoms with Crippen LogP contribution in [0.25, 0.3) is 5.57 Å². The molecule has 1 fully saturated rings. The Morgan fingerprint density at radius 2 is 2.08 bits per heavy atom. The molecule has 1 aliphatic rings. The number of carboxylic acids is 1. The van der Waals surface area contributed by atoms with Crippen LogP contribution in [0, 0.1) is 0 Å². The van der Waals surface area contributed by atoms with Crippen molar-refractivity contribution in [2.24, 2.45) is 5.73 Å². The third-order valence-electron chi connectivity index (χ3n) is 3.72. The molecule has 0 bridgehead atoms. The number of carbonyl (C=O) groups excluding carboxylic acids is 2. The van der Waals surface area contributed by atoms with Crippen LogP contribution in [0.15, 0.2) is 29.2 Å². The molecule has 25 heavy (non-hydrogen) atoms. The van der Waals surface area contributed by atoms with Crippen LogP contribution in [0.2, 0.25) is 0 Å². The number of carboxylic acid groups (broad SMARTS) is 1. The predicted octanol–water partition coefficient (Wildman–Crippen LogP) is 1.58. The lowest BCUT2D eigenvalue weighted by Crippen LogP contribution is -2.44. The van der Waals surface area contributed by atoms with Gasteiger partial charge < -0.3 is 16.6 Å². The number of thiocarbonyl (C=S) groups is 1. The molecule has 0 radical (unpaired) electrons. The van der Waals surface area contributed by atoms with E-state index in [0.29, 0.717) is 16.2 Å². The monoisotopic (exact) mass is 379 g/mol. The number of thioether (sulfide) groups is 1. The van der Waals surface area contributed by atoms with Crippen LogP contribution in [0.1, 0.15) is 25.3 Å². The Bertz CT molecular complexity index is 791. The van der Waals surface area contributed by atoms with Gasteiger partial charge in [0.2, 0.25) is 5.91 Å². The molecule has 1 aromatic carbocycles. The molecule has 1 aliphatic heterocycles. The van der Waals surface area contributed by atoms with Gasteiger partial charge in [-0.3, -0.25) is 14.5 Å². The fourth-order valence-electron chi connectivity index (χ4n) is 2.42. The van der Waals surface area contributed by atoms with Gasteiger partial charge in [-0.1, -0.05) is 36.1 Å². The highest BCUT2D eigenvalue weighted by Gasteiger charge is 2.41. The van der Waals surface area contributed by atoms with Crippen molar-refractivity contribution in [2.45, 2.75) is 25.8 Å². The molecule has 9 heteroatoms. The zero-order chi connectivity index (χ0) is 18.7. The first kappa shape index (κ1) is 18.9. The second-order valence-corrected chi connectivity index (χ2v) is 7.13. The fourth-order valence-corrected chi connectivity index (χ4v) is 3.82. The number of benzene rings is 1. The predicted molar refractivity (Wildman–Crippen MR) is 100 cm³/mol. The van der Waals surface area contributed by atoms with Crippen LogP contribution in [0.4, 0.5) is 5.69 Å². The van der Waals surface area contributed by atoms with Gasteiger partial charge in [-0.15, -0.1) is 0 Å². The van der Waals surface area contributed by atoms with Gasteiger partial charge in [-0.2, -0.15) is 0 Å². The average Bonchev–Trinajstić information content (AvgIpc) is 2.82. The lowest BCUT2D eigenvalue weighted by atomic mass is 10.1. The number of rotatable bonds is 6. The maximum atomic E-state index is 12.8. The maximum absolute atomic E-state index is 12.8. The van der Waals surface area contributed by atoms with E-state index in [1.165, 1.54) is 0 Å². The van der Waals surface area contributed by atoms with Crippen molar-refractivity contribution in [1.82, 2.24) is 4.90 Å². The van der Waals surface area contributed by atoms with Crippen molar-refractivity contribution < 1.29 is 19.5 Å². The Balaban J connectivity index is 2.36. The summed E-state index contributed by atoms with van der Waals surface area (Å²) >= 11 is 6.23. The summed E-state index contributed by atoms with van der Waals surface area (Å²) in [5, 5.41) is 9.41. The molecule has 1 saturated heterocycles. The summed E-state index contributed by atoms with van der Waals surface area (Å²) in [6.07, 6.45) is -0.247. The minimum Gasteiger partial charge on any atom is -0.480 e. The van der Waals surface area contributed by atoms with E-state index in [-0.39, 0.29) is 17.2 Å². The lowest BCUT2D eigenvalue weighted by molar-refractivity contribution is -0.145. The van der Waals surface area contributed by atoms with E-state index in [9.17, 15) is 19.5 Å². The highest BCUT2D eigenvalue weighted by Crippen LogP contribution is 2.38. The quantitative estimate of drug-likeness (QED) is 0.389. The second-order valence-electron chi connectivity index (χ2n) is 5.48. The standard InChI is InChI=1S/C16H17N3O4S2/c1-8(9-3-2-4-10(17)7-9)13-14(21)19(16(24)25-13)11(15(22)23)5-6-12(18)20/h2-4,7,11H,5-6,17H2,1H3,(H2,18,20)(H,22,23)/b13-8-. The molecule has 0 spiro atoms. The summed E-state index contributed by atoms with van der Waals surface area (Å²) in [7, 11) is 0. The molecule has 1 heterocycles. The molecule has 0 aromatic heterocycles. The zero-order valence-corrected chi connectivity index (χ0v) is 15.0. The van der Waals surface area contributed by atoms with Gasteiger partial charge in [0.25, 0.3) is 5.91 Å². The van der Waals surface area contributed by atoms with E-state index in [4.69, 9.17) is 23.7 Å². The number of carbonyl (C=O) groups is 3. The summed E-state index contributed by atoms with van der Waals surface area (Å²) in [4.78, 5) is 36.6. The normalized spacial score (nSPS) is 17.6. The summed E-state index contributed by atoms with van der Waals surface area (Å²) < 4.78 is 0.139. The number of hydrogen-bond acceptors (Lipinski definition) is 6. The van der Waals surface area contributed by atoms with E-state index >= 15 is 0 Å². The van der Waals surface area contributed by atoms with Crippen molar-refractivity contribution in [3.05, 3.63) is 34.7 Å². The van der Waals surface area contributed by atoms with E-state index < -0.39 is 23.8 Å². The van der Waals surface area contributed by atoms with Gasteiger partial charge in [0.15, 0.2) is 0 Å². The van der Waals surface area contributed by atoms with Gasteiger partial charge in [0, 0.05) is 12.1 Å². The average molecular weight is 379 g/mol. The molecular weight excluding hydrogens is 362 g/mol. The SMILES string of the molecule is C/C(=C1/SC(=S)N(C(CCC(N)=O)C(=O)O)C1=O)c1cccc(N)c1. The number of amides is 2. The number of aliphatic carboxylic acids is 1. The molecule has 132 valence electrons. The molecule has 1 atom stereocenters. The van der Waals surface area contributed by atoms with E-state index in [0.717, 1.165) is 22.2 Å². The number of nitrogens with two attached hydrogens (primary N) is 2. The Morgan fingerprint density at radius 1 is 1.40 bits per heavy atom. The van der Waals surface area contributed by atoms with E-state index in [2.05, 4.69) is 0 Å². The Hall–Kier alpha value is -2.39. The van der Waals surface area contributed by atoms with Gasteiger partial charge >= 0.3 is 5.97 Å². The molecule has 5 N–H and O–H groups in total. The van der Waals surface area contributed by atoms with Gasteiger partial charge in [-0.05, 0) is 36.6 Å². The van der Waals surface area contributed by atoms with Gasteiger partial charge in [-0.25, -0.2) is 4.79 Å². The van der Waals surface area contributed by atoms with Crippen LogP contribution < -0.4 is 11.5 Å². The number of anilines is 1. The fraction of sp³-hybridized carbons (Fsp3) is 0.250. The summed E-state index contributed by atoms with van der Waals surface area (Å²) in [5.74, 6) is -2.37. The zero-order valence-electron chi connectivity index (χ0n) is 13.4. The Kier molecular flexibility index (Phi) is 5.81. The summed E-state index contributed by atoms with van der Waals surface area (Å²) in [6.45, 7) is 1.75. The summed E-state index contributed by atoms with van der Waals surface area (Å²) in [5.41, 5.74) is 12.8. The minimum absolute atomic E-state index is 0.0955. The van der Waals surface area contributed by atoms with Crippen molar-refractivity contribution in [3.8, 4) is 0 Å². The molecule has 1 aromatic rings. The van der Waals surface area contributed by atoms with Gasteiger partial charge in [0.05, 0.1) is 4.91 Å². The first-order chi connectivity index (χ1) is 11.7. The van der Waals surface area contributed by atoms with E-state index in [1.54, 1.807) is 31.2 Å². The third-order valence-corrected chi connectivity index (χ3v) is 5.22. The number of primary amides is 1. The molecule has 2 rings (SSSR count). The smallest absolute Gasteiger partial charge is 0.326 e. The number of nitrogen functional groups attached to an aromatic ring is 1. The number of hydrogen-bond donors (Lipinski definition) is 3. The van der Waals surface area contributed by atoms with Crippen molar-refractivity contribution >= 4 is 57.3 Å². The Morgan fingerprint density at radius 3 is 2.64 bits per heavy atom. The first-order valence-electron chi connectivity index (χ1n) is 7.35. The second kappa shape index (κ2) is 7.66. The van der Waals surface area contributed by atoms with Crippen LogP contribution in [0.3, 0.4) is 0 Å². The number of nitrogens with zero attached hydrogens (tertiary/aromatic N) is 1. The first-order valence-corrected chi connectivity index (χ1v) is 8.58. The van der Waals surface area contributed by atoms with Crippen LogP contribution in [-0.2, 0) is 14.4 Å². The Labute approximate surface area is 154 Å². The number of allylic oxidation sites excluding steroid dienone is 1. The van der Waals surface area contributed by atoms with E-state index in [1.807, 2.05) is 0 Å². The van der Waals surface area contributed by atoms with Gasteiger partial charge in [0.1, 0.15) is 10.4 Å². The minimum atomic E-state index is -1.24. The van der Waals surface area contributed by atoms with Crippen molar-refractivity contribution in [1.29, 1.82) is 0 Å². The van der Waals surface area contributed by atoms with Crippen LogP contribution in [0.5, 0.6) is 0 Å². The molecule has 7 nitrogen and oxygen atoms in total. The largest absolute Gasteiger partial charge is 0.480 e. The molecule has 1 unspecified atom stereocenters. The molecular formula is C16H17N3O4S2. The maximum Gasteiger partial charge on any atom is 0.326 e. The van der Waals surface area contributed by atoms with Crippen molar-refractivity contribution in [3.63, 3.8) is 0 Å². The summed E-state index contributed by atoms with van der Waals surface area (Å²) in [6, 6.07) is 5.80. The van der Waals surface area contributed by atoms with Crippen molar-refractivity contribution in [2.75, 3.05) is 5.73 Å². The highest BCUT2D eigenvalue weighted by atomic mass is 32.2. The molecule has 0 aliphatic carbocycles. The molecule has 2 amide bonds. The molecule has 0 saturated carbocycles. The lowest BCUT2D eigenvalue weighted by Gasteiger charge is -2.22. The highest BCUT2D eigenvalue weighted by molar-refractivity contribution is 8.26. The van der Waals surface area contributed by atoms with Crippen LogP contribution >= 0.6 is 24.0 Å². The third kappa shape index (κ3) is 4.18. The topological polar surface area (TPSA) is 127 Å².